The molecule has 2 N–H and O–H groups in total. The second kappa shape index (κ2) is 7.07. The van der Waals surface area contributed by atoms with Crippen molar-refractivity contribution >= 4 is 5.91 Å². The molecule has 1 heterocycles. The van der Waals surface area contributed by atoms with Gasteiger partial charge in [0.15, 0.2) is 5.82 Å². The van der Waals surface area contributed by atoms with E-state index in [1.165, 1.54) is 0 Å². The molecule has 1 aliphatic rings. The molecule has 1 amide bonds. The number of aromatic amines is 1. The van der Waals surface area contributed by atoms with E-state index in [4.69, 9.17) is 0 Å². The predicted octanol–water partition coefficient (Wildman–Crippen LogP) is 2.93. The Bertz CT molecular complexity index is 886. The van der Waals surface area contributed by atoms with Crippen molar-refractivity contribution in [3.63, 3.8) is 0 Å². The largest absolute Gasteiger partial charge is 0.349 e. The van der Waals surface area contributed by atoms with Gasteiger partial charge >= 0.3 is 0 Å². The van der Waals surface area contributed by atoms with Crippen LogP contribution in [0, 0.1) is 12.8 Å². The summed E-state index contributed by atoms with van der Waals surface area (Å²) in [7, 11) is 0. The minimum absolute atomic E-state index is 0.00908. The molecule has 6 heteroatoms. The molecule has 1 aliphatic carbocycles. The van der Waals surface area contributed by atoms with Gasteiger partial charge in [0.25, 0.3) is 5.91 Å². The van der Waals surface area contributed by atoms with Crippen molar-refractivity contribution in [1.29, 1.82) is 0 Å². The van der Waals surface area contributed by atoms with Crippen LogP contribution >= 0.6 is 0 Å². The number of benzene rings is 2. The molecule has 0 spiro atoms. The van der Waals surface area contributed by atoms with E-state index in [2.05, 4.69) is 45.0 Å². The number of carbonyl (C=O) groups is 1. The summed E-state index contributed by atoms with van der Waals surface area (Å²) in [6.45, 7) is 2.07. The second-order valence-electron chi connectivity index (χ2n) is 6.94. The first-order valence-corrected chi connectivity index (χ1v) is 8.88. The zero-order chi connectivity index (χ0) is 17.9. The summed E-state index contributed by atoms with van der Waals surface area (Å²) in [4.78, 5) is 12.6. The number of hydrogen-bond acceptors (Lipinski definition) is 4. The molecule has 0 bridgehead atoms. The van der Waals surface area contributed by atoms with E-state index in [0.717, 1.165) is 41.8 Å². The minimum Gasteiger partial charge on any atom is -0.349 e. The maximum absolute atomic E-state index is 12.6. The van der Waals surface area contributed by atoms with Crippen LogP contribution in [-0.4, -0.2) is 32.6 Å². The van der Waals surface area contributed by atoms with Crippen LogP contribution in [0.5, 0.6) is 0 Å². The van der Waals surface area contributed by atoms with Crippen LogP contribution in [0.15, 0.2) is 48.5 Å². The third-order valence-electron chi connectivity index (χ3n) is 5.02. The summed E-state index contributed by atoms with van der Waals surface area (Å²) < 4.78 is 0. The van der Waals surface area contributed by atoms with E-state index in [-0.39, 0.29) is 11.9 Å². The molecule has 0 unspecified atom stereocenters. The molecule has 1 fully saturated rings. The van der Waals surface area contributed by atoms with Gasteiger partial charge in [0.05, 0.1) is 0 Å². The molecule has 1 saturated carbocycles. The average Bonchev–Trinajstić information content (AvgIpc) is 3.14. The number of amides is 1. The zero-order valence-electron chi connectivity index (χ0n) is 14.6. The summed E-state index contributed by atoms with van der Waals surface area (Å²) in [6, 6.07) is 16.3. The highest BCUT2D eigenvalue weighted by Gasteiger charge is 2.31. The summed E-state index contributed by atoms with van der Waals surface area (Å²) >= 11 is 0. The molecule has 0 saturated heterocycles. The third-order valence-corrected chi connectivity index (χ3v) is 5.02. The van der Waals surface area contributed by atoms with Crippen LogP contribution in [0.4, 0.5) is 0 Å². The number of hydrogen-bond donors (Lipinski definition) is 2. The first kappa shape index (κ1) is 16.4. The number of nitrogens with zero attached hydrogens (tertiary/aromatic N) is 3. The monoisotopic (exact) mass is 347 g/mol. The van der Waals surface area contributed by atoms with E-state index in [9.17, 15) is 4.79 Å². The Labute approximate surface area is 152 Å². The molecule has 0 atom stereocenters. The Morgan fingerprint density at radius 3 is 2.73 bits per heavy atom. The van der Waals surface area contributed by atoms with Gasteiger partial charge in [0.1, 0.15) is 0 Å². The van der Waals surface area contributed by atoms with Crippen LogP contribution in [0.25, 0.3) is 11.1 Å². The van der Waals surface area contributed by atoms with Gasteiger partial charge in [-0.05, 0) is 54.5 Å². The quantitative estimate of drug-likeness (QED) is 0.743. The fourth-order valence-corrected chi connectivity index (χ4v) is 3.51. The number of rotatable bonds is 5. The number of nitrogens with one attached hydrogen (secondary N) is 2. The highest BCUT2D eigenvalue weighted by Crippen LogP contribution is 2.30. The van der Waals surface area contributed by atoms with Crippen molar-refractivity contribution in [3.8, 4) is 11.1 Å². The van der Waals surface area contributed by atoms with Crippen molar-refractivity contribution < 1.29 is 4.79 Å². The first-order chi connectivity index (χ1) is 12.7. The highest BCUT2D eigenvalue weighted by atomic mass is 16.1. The highest BCUT2D eigenvalue weighted by molar-refractivity contribution is 5.96. The van der Waals surface area contributed by atoms with Gasteiger partial charge in [-0.25, -0.2) is 0 Å². The second-order valence-corrected chi connectivity index (χ2v) is 6.94. The molecular formula is C20H21N5O. The van der Waals surface area contributed by atoms with E-state index < -0.39 is 0 Å². The van der Waals surface area contributed by atoms with Crippen molar-refractivity contribution in [2.75, 3.05) is 0 Å². The zero-order valence-corrected chi connectivity index (χ0v) is 14.6. The minimum atomic E-state index is -0.00908. The molecular weight excluding hydrogens is 326 g/mol. The smallest absolute Gasteiger partial charge is 0.251 e. The summed E-state index contributed by atoms with van der Waals surface area (Å²) in [5.41, 5.74) is 4.10. The standard InChI is InChI=1S/C20H21N5O/c1-13-7-8-16(12-18(13)15-5-3-2-4-6-15)20(26)21-17-9-14(10-17)11-19-22-24-25-23-19/h2-8,12,14,17H,9-11H2,1H3,(H,21,26)(H,22,23,24,25). The summed E-state index contributed by atoms with van der Waals surface area (Å²) in [6.07, 6.45) is 2.72. The van der Waals surface area contributed by atoms with E-state index in [1.54, 1.807) is 0 Å². The lowest BCUT2D eigenvalue weighted by Crippen LogP contribution is -2.45. The lowest BCUT2D eigenvalue weighted by Gasteiger charge is -2.35. The van der Waals surface area contributed by atoms with Crippen LogP contribution in [0.1, 0.15) is 34.6 Å². The number of H-pyrrole nitrogens is 1. The van der Waals surface area contributed by atoms with E-state index in [1.807, 2.05) is 36.4 Å². The van der Waals surface area contributed by atoms with Crippen molar-refractivity contribution in [2.24, 2.45) is 5.92 Å². The van der Waals surface area contributed by atoms with Gasteiger partial charge in [0, 0.05) is 18.0 Å². The third kappa shape index (κ3) is 3.49. The van der Waals surface area contributed by atoms with Gasteiger partial charge in [0.2, 0.25) is 0 Å². The number of aromatic nitrogens is 4. The van der Waals surface area contributed by atoms with Gasteiger partial charge in [-0.3, -0.25) is 4.79 Å². The maximum atomic E-state index is 12.6. The number of carbonyl (C=O) groups excluding carboxylic acids is 1. The van der Waals surface area contributed by atoms with E-state index >= 15 is 0 Å². The fraction of sp³-hybridized carbons (Fsp3) is 0.300. The lowest BCUT2D eigenvalue weighted by atomic mass is 9.78. The van der Waals surface area contributed by atoms with Gasteiger partial charge in [-0.1, -0.05) is 41.6 Å². The number of aryl methyl sites for hydroxylation is 1. The molecule has 1 aromatic heterocycles. The Morgan fingerprint density at radius 2 is 2.00 bits per heavy atom. The maximum Gasteiger partial charge on any atom is 0.251 e. The Balaban J connectivity index is 1.38. The summed E-state index contributed by atoms with van der Waals surface area (Å²) in [5, 5.41) is 17.2. The fourth-order valence-electron chi connectivity index (χ4n) is 3.51. The molecule has 4 rings (SSSR count). The normalized spacial score (nSPS) is 19.0. The SMILES string of the molecule is Cc1ccc(C(=O)NC2CC(Cc3nn[nH]n3)C2)cc1-c1ccccc1. The molecule has 0 aliphatic heterocycles. The van der Waals surface area contributed by atoms with E-state index in [0.29, 0.717) is 11.5 Å². The Kier molecular flexibility index (Phi) is 4.48. The summed E-state index contributed by atoms with van der Waals surface area (Å²) in [5.74, 6) is 1.24. The molecule has 2 aromatic carbocycles. The first-order valence-electron chi connectivity index (χ1n) is 8.88. The predicted molar refractivity (Wildman–Crippen MR) is 98.5 cm³/mol. The Hall–Kier alpha value is -3.02. The molecule has 3 aromatic rings. The topological polar surface area (TPSA) is 83.6 Å². The number of tetrazole rings is 1. The van der Waals surface area contributed by atoms with Crippen LogP contribution in [0.2, 0.25) is 0 Å². The van der Waals surface area contributed by atoms with Crippen molar-refractivity contribution in [3.05, 3.63) is 65.5 Å². The van der Waals surface area contributed by atoms with Crippen molar-refractivity contribution in [1.82, 2.24) is 25.9 Å². The van der Waals surface area contributed by atoms with Crippen LogP contribution in [-0.2, 0) is 6.42 Å². The average molecular weight is 347 g/mol. The molecule has 132 valence electrons. The lowest BCUT2D eigenvalue weighted by molar-refractivity contribution is 0.0889. The Morgan fingerprint density at radius 1 is 1.19 bits per heavy atom. The van der Waals surface area contributed by atoms with Gasteiger partial charge < -0.3 is 5.32 Å². The van der Waals surface area contributed by atoms with Crippen LogP contribution in [0.3, 0.4) is 0 Å². The van der Waals surface area contributed by atoms with Crippen molar-refractivity contribution in [2.45, 2.75) is 32.2 Å². The molecule has 26 heavy (non-hydrogen) atoms. The molecule has 6 nitrogen and oxygen atoms in total. The van der Waals surface area contributed by atoms with Gasteiger partial charge in [-0.2, -0.15) is 5.21 Å². The van der Waals surface area contributed by atoms with Crippen LogP contribution < -0.4 is 5.32 Å². The van der Waals surface area contributed by atoms with Gasteiger partial charge in [-0.15, -0.1) is 10.2 Å². The molecule has 0 radical (unpaired) electrons.